The summed E-state index contributed by atoms with van der Waals surface area (Å²) in [6.07, 6.45) is 0.0530. The van der Waals surface area contributed by atoms with Gasteiger partial charge in [0.05, 0.1) is 11.6 Å². The van der Waals surface area contributed by atoms with Crippen molar-refractivity contribution in [3.05, 3.63) is 70.2 Å². The first kappa shape index (κ1) is 16.9. The molecule has 0 aliphatic rings. The van der Waals surface area contributed by atoms with E-state index in [0.717, 1.165) is 12.1 Å². The highest BCUT2D eigenvalue weighted by atomic mass is 19.2. The van der Waals surface area contributed by atoms with Gasteiger partial charge in [0.25, 0.3) is 0 Å². The molecule has 0 radical (unpaired) electrons. The predicted molar refractivity (Wildman–Crippen MR) is 88.0 cm³/mol. The predicted octanol–water partition coefficient (Wildman–Crippen LogP) is 3.14. The fraction of sp³-hybridized carbons (Fsp3) is 0.222. The zero-order chi connectivity index (χ0) is 18.0. The maximum Gasteiger partial charge on any atom is 0.419 e. The van der Waals surface area contributed by atoms with Gasteiger partial charge in [0.2, 0.25) is 5.91 Å². The molecule has 5 nitrogen and oxygen atoms in total. The maximum atomic E-state index is 13.3. The van der Waals surface area contributed by atoms with Crippen molar-refractivity contribution in [2.45, 2.75) is 25.9 Å². The number of aryl methyl sites for hydroxylation is 1. The van der Waals surface area contributed by atoms with Crippen molar-refractivity contribution in [1.29, 1.82) is 0 Å². The van der Waals surface area contributed by atoms with E-state index in [0.29, 0.717) is 16.7 Å². The number of hydrogen-bond donors (Lipinski definition) is 1. The summed E-state index contributed by atoms with van der Waals surface area (Å²) in [6, 6.07) is 9.95. The molecule has 0 aliphatic heterocycles. The highest BCUT2D eigenvalue weighted by Gasteiger charge is 2.14. The number of carbonyl (C=O) groups is 1. The molecule has 0 spiro atoms. The van der Waals surface area contributed by atoms with E-state index < -0.39 is 23.4 Å². The Kier molecular flexibility index (Phi) is 4.65. The topological polar surface area (TPSA) is 64.2 Å². The van der Waals surface area contributed by atoms with Gasteiger partial charge in [0.1, 0.15) is 0 Å². The number of aromatic nitrogens is 1. The molecule has 1 aromatic heterocycles. The Morgan fingerprint density at radius 1 is 1.20 bits per heavy atom. The van der Waals surface area contributed by atoms with E-state index in [9.17, 15) is 18.4 Å². The van der Waals surface area contributed by atoms with Gasteiger partial charge in [-0.25, -0.2) is 13.6 Å². The van der Waals surface area contributed by atoms with Crippen LogP contribution in [0.1, 0.15) is 24.9 Å². The van der Waals surface area contributed by atoms with E-state index in [2.05, 4.69) is 5.32 Å². The van der Waals surface area contributed by atoms with Gasteiger partial charge in [0, 0.05) is 13.0 Å². The van der Waals surface area contributed by atoms with Crippen LogP contribution < -0.4 is 11.1 Å². The Hall–Kier alpha value is -2.96. The third kappa shape index (κ3) is 3.60. The van der Waals surface area contributed by atoms with Crippen molar-refractivity contribution in [3.8, 4) is 0 Å². The number of benzene rings is 2. The highest BCUT2D eigenvalue weighted by Crippen LogP contribution is 2.16. The van der Waals surface area contributed by atoms with E-state index in [1.54, 1.807) is 31.2 Å². The molecule has 1 heterocycles. The number of nitrogens with one attached hydrogen (secondary N) is 1. The zero-order valence-corrected chi connectivity index (χ0v) is 13.5. The van der Waals surface area contributed by atoms with Crippen molar-refractivity contribution < 1.29 is 18.0 Å². The molecule has 0 saturated heterocycles. The largest absolute Gasteiger partial charge is 0.419 e. The van der Waals surface area contributed by atoms with Gasteiger partial charge in [-0.1, -0.05) is 18.2 Å². The summed E-state index contributed by atoms with van der Waals surface area (Å²) >= 11 is 0. The lowest BCUT2D eigenvalue weighted by Crippen LogP contribution is -2.28. The molecule has 3 rings (SSSR count). The highest BCUT2D eigenvalue weighted by molar-refractivity contribution is 5.77. The molecule has 1 amide bonds. The number of fused-ring (bicyclic) bond motifs is 1. The monoisotopic (exact) mass is 346 g/mol. The first-order valence-corrected chi connectivity index (χ1v) is 7.78. The molecular formula is C18H16F2N2O3. The fourth-order valence-electron chi connectivity index (χ4n) is 2.62. The lowest BCUT2D eigenvalue weighted by molar-refractivity contribution is -0.121. The Balaban J connectivity index is 1.65. The number of amides is 1. The van der Waals surface area contributed by atoms with Crippen molar-refractivity contribution >= 4 is 17.0 Å². The SMILES string of the molecule is CC(NC(=O)CCn1c(=O)oc2ccccc21)c1ccc(F)c(F)c1. The van der Waals surface area contributed by atoms with Crippen LogP contribution in [0.15, 0.2) is 51.7 Å². The van der Waals surface area contributed by atoms with Crippen molar-refractivity contribution in [2.24, 2.45) is 0 Å². The van der Waals surface area contributed by atoms with Crippen LogP contribution in [0.25, 0.3) is 11.1 Å². The van der Waals surface area contributed by atoms with E-state index in [-0.39, 0.29) is 18.9 Å². The molecule has 3 aromatic rings. The van der Waals surface area contributed by atoms with Crippen molar-refractivity contribution in [2.75, 3.05) is 0 Å². The first-order valence-electron chi connectivity index (χ1n) is 7.78. The van der Waals surface area contributed by atoms with Gasteiger partial charge in [-0.2, -0.15) is 0 Å². The normalized spacial score (nSPS) is 12.3. The molecule has 2 aromatic carbocycles. The average molecular weight is 346 g/mol. The zero-order valence-electron chi connectivity index (χ0n) is 13.5. The minimum absolute atomic E-state index is 0.0530. The van der Waals surface area contributed by atoms with Crippen LogP contribution in [0.2, 0.25) is 0 Å². The standard InChI is InChI=1S/C18H16F2N2O3/c1-11(12-6-7-13(19)14(20)10-12)21-17(23)8-9-22-15-4-2-3-5-16(15)25-18(22)24/h2-7,10-11H,8-9H2,1H3,(H,21,23). The summed E-state index contributed by atoms with van der Waals surface area (Å²) in [7, 11) is 0. The second-order valence-electron chi connectivity index (χ2n) is 5.70. The van der Waals surface area contributed by atoms with Gasteiger partial charge in [-0.3, -0.25) is 9.36 Å². The Bertz CT molecular complexity index is 978. The number of carbonyl (C=O) groups excluding carboxylic acids is 1. The molecule has 0 aliphatic carbocycles. The summed E-state index contributed by atoms with van der Waals surface area (Å²) in [5, 5.41) is 2.70. The smallest absolute Gasteiger partial charge is 0.408 e. The molecule has 0 saturated carbocycles. The Morgan fingerprint density at radius 2 is 1.96 bits per heavy atom. The van der Waals surface area contributed by atoms with E-state index >= 15 is 0 Å². The quantitative estimate of drug-likeness (QED) is 0.772. The average Bonchev–Trinajstić information content (AvgIpc) is 2.90. The number of nitrogens with zero attached hydrogens (tertiary/aromatic N) is 1. The number of oxazole rings is 1. The molecule has 1 atom stereocenters. The van der Waals surface area contributed by atoms with Gasteiger partial charge < -0.3 is 9.73 Å². The van der Waals surface area contributed by atoms with Gasteiger partial charge in [0.15, 0.2) is 17.2 Å². The molecule has 1 unspecified atom stereocenters. The molecule has 7 heteroatoms. The summed E-state index contributed by atoms with van der Waals surface area (Å²) in [6.45, 7) is 1.83. The summed E-state index contributed by atoms with van der Waals surface area (Å²) < 4.78 is 32.7. The number of halogens is 2. The summed E-state index contributed by atoms with van der Waals surface area (Å²) in [5.41, 5.74) is 1.54. The lowest BCUT2D eigenvalue weighted by Gasteiger charge is -2.14. The van der Waals surface area contributed by atoms with Crippen LogP contribution in [-0.4, -0.2) is 10.5 Å². The van der Waals surface area contributed by atoms with Crippen LogP contribution >= 0.6 is 0 Å². The number of hydrogen-bond acceptors (Lipinski definition) is 3. The van der Waals surface area contributed by atoms with Gasteiger partial charge in [-0.15, -0.1) is 0 Å². The van der Waals surface area contributed by atoms with Gasteiger partial charge >= 0.3 is 5.76 Å². The summed E-state index contributed by atoms with van der Waals surface area (Å²) in [4.78, 5) is 23.9. The van der Waals surface area contributed by atoms with E-state index in [4.69, 9.17) is 4.42 Å². The van der Waals surface area contributed by atoms with Crippen LogP contribution in [0.3, 0.4) is 0 Å². The second-order valence-corrected chi connectivity index (χ2v) is 5.70. The minimum Gasteiger partial charge on any atom is -0.408 e. The minimum atomic E-state index is -0.963. The van der Waals surface area contributed by atoms with Crippen molar-refractivity contribution in [3.63, 3.8) is 0 Å². The Morgan fingerprint density at radius 3 is 2.72 bits per heavy atom. The number of para-hydroxylation sites is 2. The van der Waals surface area contributed by atoms with E-state index in [1.165, 1.54) is 10.6 Å². The van der Waals surface area contributed by atoms with Crippen LogP contribution in [0, 0.1) is 11.6 Å². The fourth-order valence-corrected chi connectivity index (χ4v) is 2.62. The van der Waals surface area contributed by atoms with E-state index in [1.807, 2.05) is 0 Å². The molecule has 25 heavy (non-hydrogen) atoms. The van der Waals surface area contributed by atoms with Crippen LogP contribution in [0.5, 0.6) is 0 Å². The molecular weight excluding hydrogens is 330 g/mol. The summed E-state index contributed by atoms with van der Waals surface area (Å²) in [5.74, 6) is -2.74. The molecule has 0 bridgehead atoms. The van der Waals surface area contributed by atoms with Gasteiger partial charge in [-0.05, 0) is 36.8 Å². The third-order valence-corrected chi connectivity index (χ3v) is 3.96. The van der Waals surface area contributed by atoms with Crippen LogP contribution in [0.4, 0.5) is 8.78 Å². The molecule has 1 N–H and O–H groups in total. The number of rotatable bonds is 5. The Labute approximate surface area is 141 Å². The van der Waals surface area contributed by atoms with Crippen molar-refractivity contribution in [1.82, 2.24) is 9.88 Å². The molecule has 0 fully saturated rings. The molecule has 130 valence electrons. The third-order valence-electron chi connectivity index (χ3n) is 3.96. The maximum absolute atomic E-state index is 13.3. The van der Waals surface area contributed by atoms with Crippen LogP contribution in [-0.2, 0) is 11.3 Å². The lowest BCUT2D eigenvalue weighted by atomic mass is 10.1. The second kappa shape index (κ2) is 6.88. The first-order chi connectivity index (χ1) is 12.0.